The van der Waals surface area contributed by atoms with Gasteiger partial charge in [0.2, 0.25) is 0 Å². The summed E-state index contributed by atoms with van der Waals surface area (Å²) in [7, 11) is 1.71. The molecule has 0 bridgehead atoms. The molecule has 0 aliphatic heterocycles. The quantitative estimate of drug-likeness (QED) is 0.605. The molecule has 1 fully saturated rings. The van der Waals surface area contributed by atoms with E-state index in [2.05, 4.69) is 40.3 Å². The van der Waals surface area contributed by atoms with Crippen LogP contribution in [-0.2, 0) is 11.3 Å². The van der Waals surface area contributed by atoms with Crippen molar-refractivity contribution in [3.05, 3.63) is 16.4 Å². The first-order valence-electron chi connectivity index (χ1n) is 7.65. The highest BCUT2D eigenvalue weighted by atomic mass is 79.9. The topological polar surface area (TPSA) is 65.1 Å². The summed E-state index contributed by atoms with van der Waals surface area (Å²) >= 11 is 3.62. The van der Waals surface area contributed by atoms with Crippen molar-refractivity contribution in [1.82, 2.24) is 15.2 Å². The number of nitrogens with one attached hydrogen (secondary N) is 1. The SMILES string of the molecule is COCCn1ncc(Br)c1C(NN)C1CCC(C)(C)CC1. The van der Waals surface area contributed by atoms with E-state index >= 15 is 0 Å². The molecule has 1 aromatic rings. The van der Waals surface area contributed by atoms with Crippen molar-refractivity contribution in [3.8, 4) is 0 Å². The van der Waals surface area contributed by atoms with Crippen LogP contribution in [0.2, 0.25) is 0 Å². The van der Waals surface area contributed by atoms with Gasteiger partial charge in [0.25, 0.3) is 0 Å². The van der Waals surface area contributed by atoms with Gasteiger partial charge in [0, 0.05) is 7.11 Å². The van der Waals surface area contributed by atoms with Crippen molar-refractivity contribution >= 4 is 15.9 Å². The molecule has 0 saturated heterocycles. The molecule has 21 heavy (non-hydrogen) atoms. The fraction of sp³-hybridized carbons (Fsp3) is 0.800. The van der Waals surface area contributed by atoms with Crippen LogP contribution in [0.15, 0.2) is 10.7 Å². The van der Waals surface area contributed by atoms with Gasteiger partial charge in [-0.05, 0) is 52.9 Å². The van der Waals surface area contributed by atoms with E-state index in [0.717, 1.165) is 16.7 Å². The van der Waals surface area contributed by atoms with Gasteiger partial charge in [0.15, 0.2) is 0 Å². The Balaban J connectivity index is 2.16. The van der Waals surface area contributed by atoms with Crippen LogP contribution in [0.4, 0.5) is 0 Å². The molecule has 1 saturated carbocycles. The molecule has 0 spiro atoms. The number of ether oxygens (including phenoxy) is 1. The molecule has 120 valence electrons. The predicted octanol–water partition coefficient (Wildman–Crippen LogP) is 3.01. The molecule has 1 unspecified atom stereocenters. The molecular weight excluding hydrogens is 332 g/mol. The third-order valence-electron chi connectivity index (χ3n) is 4.67. The van der Waals surface area contributed by atoms with Gasteiger partial charge in [0.05, 0.1) is 35.6 Å². The van der Waals surface area contributed by atoms with E-state index in [-0.39, 0.29) is 6.04 Å². The summed E-state index contributed by atoms with van der Waals surface area (Å²) in [6.07, 6.45) is 6.75. The molecule has 0 radical (unpaired) electrons. The molecule has 3 N–H and O–H groups in total. The number of halogens is 1. The molecule has 2 rings (SSSR count). The summed E-state index contributed by atoms with van der Waals surface area (Å²) in [4.78, 5) is 0. The van der Waals surface area contributed by atoms with Gasteiger partial charge in [-0.3, -0.25) is 16.0 Å². The predicted molar refractivity (Wildman–Crippen MR) is 87.6 cm³/mol. The Morgan fingerprint density at radius 1 is 1.52 bits per heavy atom. The van der Waals surface area contributed by atoms with Gasteiger partial charge in [0.1, 0.15) is 0 Å². The maximum absolute atomic E-state index is 5.89. The minimum Gasteiger partial charge on any atom is -0.383 e. The van der Waals surface area contributed by atoms with Crippen molar-refractivity contribution in [1.29, 1.82) is 0 Å². The Kier molecular flexibility index (Phi) is 5.82. The molecule has 1 aliphatic carbocycles. The van der Waals surface area contributed by atoms with E-state index in [1.807, 2.05) is 10.9 Å². The number of hydrazine groups is 1. The third-order valence-corrected chi connectivity index (χ3v) is 5.28. The number of nitrogens with two attached hydrogens (primary N) is 1. The van der Waals surface area contributed by atoms with Gasteiger partial charge < -0.3 is 4.74 Å². The van der Waals surface area contributed by atoms with Crippen molar-refractivity contribution in [3.63, 3.8) is 0 Å². The lowest BCUT2D eigenvalue weighted by Crippen LogP contribution is -2.38. The van der Waals surface area contributed by atoms with Crippen molar-refractivity contribution in [2.75, 3.05) is 13.7 Å². The fourth-order valence-corrected chi connectivity index (χ4v) is 3.77. The number of rotatable bonds is 6. The van der Waals surface area contributed by atoms with E-state index < -0.39 is 0 Å². The summed E-state index contributed by atoms with van der Waals surface area (Å²) in [6, 6.07) is 0.134. The Hall–Kier alpha value is -0.430. The van der Waals surface area contributed by atoms with Crippen molar-refractivity contribution in [2.45, 2.75) is 52.1 Å². The van der Waals surface area contributed by atoms with Crippen molar-refractivity contribution in [2.24, 2.45) is 17.2 Å². The summed E-state index contributed by atoms with van der Waals surface area (Å²) < 4.78 is 8.19. The fourth-order valence-electron chi connectivity index (χ4n) is 3.23. The molecule has 1 aliphatic rings. The van der Waals surface area contributed by atoms with Crippen LogP contribution in [0.25, 0.3) is 0 Å². The Labute approximate surface area is 135 Å². The molecule has 0 amide bonds. The van der Waals surface area contributed by atoms with Gasteiger partial charge >= 0.3 is 0 Å². The monoisotopic (exact) mass is 358 g/mol. The van der Waals surface area contributed by atoms with Gasteiger partial charge in [-0.1, -0.05) is 13.8 Å². The lowest BCUT2D eigenvalue weighted by atomic mass is 9.71. The highest BCUT2D eigenvalue weighted by molar-refractivity contribution is 9.10. The van der Waals surface area contributed by atoms with Gasteiger partial charge in [-0.25, -0.2) is 0 Å². The van der Waals surface area contributed by atoms with Crippen molar-refractivity contribution < 1.29 is 4.74 Å². The Morgan fingerprint density at radius 3 is 2.76 bits per heavy atom. The number of methoxy groups -OCH3 is 1. The number of hydrogen-bond acceptors (Lipinski definition) is 4. The lowest BCUT2D eigenvalue weighted by Gasteiger charge is -2.38. The maximum atomic E-state index is 5.89. The third kappa shape index (κ3) is 4.06. The van der Waals surface area contributed by atoms with Crippen LogP contribution in [0.3, 0.4) is 0 Å². The molecule has 1 heterocycles. The second kappa shape index (κ2) is 7.22. The average Bonchev–Trinajstić information content (AvgIpc) is 2.81. The van der Waals surface area contributed by atoms with Gasteiger partial charge in [-0.15, -0.1) is 0 Å². The normalized spacial score (nSPS) is 20.6. The zero-order chi connectivity index (χ0) is 15.5. The minimum atomic E-state index is 0.134. The summed E-state index contributed by atoms with van der Waals surface area (Å²) in [5.41, 5.74) is 4.63. The van der Waals surface area contributed by atoms with E-state index in [9.17, 15) is 0 Å². The lowest BCUT2D eigenvalue weighted by molar-refractivity contribution is 0.153. The molecule has 1 aromatic heterocycles. The van der Waals surface area contributed by atoms with E-state index in [4.69, 9.17) is 10.6 Å². The van der Waals surface area contributed by atoms with Crippen LogP contribution < -0.4 is 11.3 Å². The molecule has 6 heteroatoms. The average molecular weight is 359 g/mol. The van der Waals surface area contributed by atoms with Crippen LogP contribution in [0, 0.1) is 11.3 Å². The number of hydrogen-bond donors (Lipinski definition) is 2. The second-order valence-electron chi connectivity index (χ2n) is 6.74. The van der Waals surface area contributed by atoms with E-state index in [0.29, 0.717) is 17.9 Å². The van der Waals surface area contributed by atoms with Crippen LogP contribution in [0.1, 0.15) is 51.3 Å². The number of nitrogens with zero attached hydrogens (tertiary/aromatic N) is 2. The van der Waals surface area contributed by atoms with Crippen LogP contribution in [0.5, 0.6) is 0 Å². The molecular formula is C15H27BrN4O. The zero-order valence-electron chi connectivity index (χ0n) is 13.2. The first kappa shape index (κ1) is 16.9. The standard InChI is InChI=1S/C15H27BrN4O/c1-15(2)6-4-11(5-7-15)13(19-17)14-12(16)10-18-20(14)8-9-21-3/h10-11,13,19H,4-9,17H2,1-3H3. The first-order chi connectivity index (χ1) is 9.98. The smallest absolute Gasteiger partial charge is 0.0713 e. The second-order valence-corrected chi connectivity index (χ2v) is 7.59. The minimum absolute atomic E-state index is 0.134. The molecule has 5 nitrogen and oxygen atoms in total. The number of aromatic nitrogens is 2. The Bertz CT molecular complexity index is 451. The Morgan fingerprint density at radius 2 is 2.19 bits per heavy atom. The first-order valence-corrected chi connectivity index (χ1v) is 8.44. The van der Waals surface area contributed by atoms with Crippen LogP contribution >= 0.6 is 15.9 Å². The highest BCUT2D eigenvalue weighted by Crippen LogP contribution is 2.43. The maximum Gasteiger partial charge on any atom is 0.0713 e. The molecule has 0 aromatic carbocycles. The highest BCUT2D eigenvalue weighted by Gasteiger charge is 2.34. The van der Waals surface area contributed by atoms with E-state index in [1.54, 1.807) is 7.11 Å². The van der Waals surface area contributed by atoms with Gasteiger partial charge in [-0.2, -0.15) is 5.10 Å². The van der Waals surface area contributed by atoms with E-state index in [1.165, 1.54) is 25.7 Å². The largest absolute Gasteiger partial charge is 0.383 e. The van der Waals surface area contributed by atoms with Crippen LogP contribution in [-0.4, -0.2) is 23.5 Å². The summed E-state index contributed by atoms with van der Waals surface area (Å²) in [5.74, 6) is 6.44. The zero-order valence-corrected chi connectivity index (χ0v) is 14.8. The summed E-state index contributed by atoms with van der Waals surface area (Å²) in [6.45, 7) is 6.10. The molecule has 1 atom stereocenters. The summed E-state index contributed by atoms with van der Waals surface area (Å²) in [5, 5.41) is 4.44.